The van der Waals surface area contributed by atoms with Crippen molar-refractivity contribution in [3.8, 4) is 23.1 Å². The fourth-order valence-corrected chi connectivity index (χ4v) is 4.19. The number of hydrogen-bond acceptors (Lipinski definition) is 6. The number of aryl methyl sites for hydroxylation is 1. The highest BCUT2D eigenvalue weighted by molar-refractivity contribution is 5.96. The summed E-state index contributed by atoms with van der Waals surface area (Å²) in [6, 6.07) is 9.38. The van der Waals surface area contributed by atoms with E-state index < -0.39 is 28.7 Å². The molecule has 1 amide bonds. The van der Waals surface area contributed by atoms with Crippen molar-refractivity contribution in [3.63, 3.8) is 0 Å². The van der Waals surface area contributed by atoms with Gasteiger partial charge in [-0.2, -0.15) is 4.98 Å². The van der Waals surface area contributed by atoms with Gasteiger partial charge in [-0.15, -0.1) is 0 Å². The third-order valence-electron chi connectivity index (χ3n) is 5.90. The minimum absolute atomic E-state index is 0.125. The molecule has 0 saturated heterocycles. The lowest BCUT2D eigenvalue weighted by atomic mass is 10.1. The van der Waals surface area contributed by atoms with Crippen LogP contribution in [0.4, 0.5) is 4.39 Å². The zero-order chi connectivity index (χ0) is 24.4. The normalized spacial score (nSPS) is 12.5. The van der Waals surface area contributed by atoms with Crippen LogP contribution in [0.2, 0.25) is 0 Å². The van der Waals surface area contributed by atoms with Crippen LogP contribution in [0.3, 0.4) is 0 Å². The monoisotopic (exact) mass is 467 g/mol. The van der Waals surface area contributed by atoms with Crippen LogP contribution in [0.5, 0.6) is 17.4 Å². The molecule has 1 aliphatic heterocycles. The Morgan fingerprint density at radius 2 is 1.79 bits per heavy atom. The van der Waals surface area contributed by atoms with Gasteiger partial charge >= 0.3 is 0 Å². The maximum atomic E-state index is 13.8. The number of methoxy groups -OCH3 is 2. The number of carbonyl (C=O) groups excluding carboxylic acids is 1. The molecule has 4 rings (SSSR count). The lowest BCUT2D eigenvalue weighted by Gasteiger charge is -2.21. The number of unbranched alkanes of at least 4 members (excludes halogenated alkanes) is 1. The van der Waals surface area contributed by atoms with Crippen molar-refractivity contribution >= 4 is 5.91 Å². The number of halogens is 1. The first-order valence-electron chi connectivity index (χ1n) is 11.0. The van der Waals surface area contributed by atoms with Gasteiger partial charge in [-0.1, -0.05) is 25.5 Å². The molecule has 0 atom stereocenters. The van der Waals surface area contributed by atoms with Crippen LogP contribution >= 0.6 is 0 Å². The van der Waals surface area contributed by atoms with Gasteiger partial charge in [0.1, 0.15) is 28.8 Å². The van der Waals surface area contributed by atoms with Gasteiger partial charge in [-0.25, -0.2) is 4.39 Å². The number of nitrogens with zero attached hydrogens (tertiary/aromatic N) is 3. The molecule has 2 heterocycles. The fraction of sp³-hybridized carbons (Fsp3) is 0.320. The maximum absolute atomic E-state index is 13.8. The number of ether oxygens (including phenoxy) is 2. The zero-order valence-corrected chi connectivity index (χ0v) is 19.3. The van der Waals surface area contributed by atoms with Crippen LogP contribution < -0.4 is 15.0 Å². The molecule has 0 radical (unpaired) electrons. The molecule has 0 fully saturated rings. The number of aromatic hydroxyl groups is 1. The van der Waals surface area contributed by atoms with Crippen LogP contribution in [0.25, 0.3) is 5.69 Å². The van der Waals surface area contributed by atoms with Gasteiger partial charge in [0.2, 0.25) is 5.88 Å². The Labute approximate surface area is 196 Å². The number of hydrogen-bond donors (Lipinski definition) is 1. The van der Waals surface area contributed by atoms with Gasteiger partial charge in [0.15, 0.2) is 5.56 Å². The standard InChI is InChI=1S/C25H26FN3O5/c1-4-5-9-20-27-23(30)21(24(31)28-13-15-10-11-17(26)12-16(15)14-28)25(32)29(20)22-18(33-2)7-6-8-19(22)34-3/h6-8,10-12,30H,4-5,9,13-14H2,1-3H3. The highest BCUT2D eigenvalue weighted by Gasteiger charge is 2.32. The van der Waals surface area contributed by atoms with Crippen molar-refractivity contribution in [3.05, 3.63) is 75.1 Å². The van der Waals surface area contributed by atoms with Crippen molar-refractivity contribution in [1.82, 2.24) is 14.5 Å². The van der Waals surface area contributed by atoms with Crippen LogP contribution in [0.1, 0.15) is 47.1 Å². The smallest absolute Gasteiger partial charge is 0.275 e. The Morgan fingerprint density at radius 1 is 1.12 bits per heavy atom. The Bertz CT molecular complexity index is 1280. The Hall–Kier alpha value is -3.88. The van der Waals surface area contributed by atoms with Crippen molar-refractivity contribution in [2.45, 2.75) is 39.3 Å². The summed E-state index contributed by atoms with van der Waals surface area (Å²) in [5.41, 5.74) is 0.563. The summed E-state index contributed by atoms with van der Waals surface area (Å²) in [5, 5.41) is 10.7. The molecule has 0 saturated carbocycles. The second kappa shape index (κ2) is 9.54. The van der Waals surface area contributed by atoms with Crippen molar-refractivity contribution in [2.75, 3.05) is 14.2 Å². The number of para-hydroxylation sites is 1. The largest absolute Gasteiger partial charge is 0.494 e. The van der Waals surface area contributed by atoms with Crippen LogP contribution in [-0.2, 0) is 19.5 Å². The summed E-state index contributed by atoms with van der Waals surface area (Å²) in [5.74, 6) is -0.716. The summed E-state index contributed by atoms with van der Waals surface area (Å²) in [4.78, 5) is 32.8. The van der Waals surface area contributed by atoms with E-state index >= 15 is 0 Å². The number of rotatable bonds is 7. The predicted octanol–water partition coefficient (Wildman–Crippen LogP) is 3.59. The van der Waals surface area contributed by atoms with Crippen molar-refractivity contribution < 1.29 is 23.8 Å². The van der Waals surface area contributed by atoms with Gasteiger partial charge in [-0.3, -0.25) is 14.2 Å². The van der Waals surface area contributed by atoms with Gasteiger partial charge in [0, 0.05) is 19.5 Å². The maximum Gasteiger partial charge on any atom is 0.275 e. The third-order valence-corrected chi connectivity index (χ3v) is 5.90. The minimum atomic E-state index is -0.728. The average Bonchev–Trinajstić information content (AvgIpc) is 3.25. The summed E-state index contributed by atoms with van der Waals surface area (Å²) in [6.45, 7) is 2.32. The molecule has 0 aliphatic carbocycles. The average molecular weight is 467 g/mol. The van der Waals surface area contributed by atoms with Gasteiger partial charge in [0.05, 0.1) is 14.2 Å². The minimum Gasteiger partial charge on any atom is -0.494 e. The molecule has 1 aliphatic rings. The lowest BCUT2D eigenvalue weighted by Crippen LogP contribution is -2.35. The molecule has 8 nitrogen and oxygen atoms in total. The quantitative estimate of drug-likeness (QED) is 0.571. The Morgan fingerprint density at radius 3 is 2.44 bits per heavy atom. The number of aromatic nitrogens is 2. The molecule has 34 heavy (non-hydrogen) atoms. The molecule has 0 unspecified atom stereocenters. The van der Waals surface area contributed by atoms with Crippen LogP contribution in [0.15, 0.2) is 41.2 Å². The van der Waals surface area contributed by atoms with E-state index in [2.05, 4.69) is 4.98 Å². The van der Waals surface area contributed by atoms with E-state index in [4.69, 9.17) is 9.47 Å². The summed E-state index contributed by atoms with van der Waals surface area (Å²) < 4.78 is 25.9. The molecule has 178 valence electrons. The second-order valence-corrected chi connectivity index (χ2v) is 8.06. The van der Waals surface area contributed by atoms with E-state index in [-0.39, 0.29) is 18.9 Å². The first kappa shape index (κ1) is 23.3. The first-order chi connectivity index (χ1) is 16.4. The molecule has 0 bridgehead atoms. The molecule has 9 heteroatoms. The van der Waals surface area contributed by atoms with Crippen molar-refractivity contribution in [2.24, 2.45) is 0 Å². The van der Waals surface area contributed by atoms with Crippen LogP contribution in [-0.4, -0.2) is 39.7 Å². The zero-order valence-electron chi connectivity index (χ0n) is 19.3. The third kappa shape index (κ3) is 4.09. The molecule has 3 aromatic rings. The van der Waals surface area contributed by atoms with Gasteiger partial charge in [0.25, 0.3) is 11.5 Å². The number of carbonyl (C=O) groups is 1. The fourth-order valence-electron chi connectivity index (χ4n) is 4.19. The summed E-state index contributed by atoms with van der Waals surface area (Å²) in [7, 11) is 2.94. The van der Waals surface area contributed by atoms with Crippen molar-refractivity contribution in [1.29, 1.82) is 0 Å². The SMILES string of the molecule is CCCCc1nc(O)c(C(=O)N2Cc3ccc(F)cc3C2)c(=O)n1-c1c(OC)cccc1OC. The topological polar surface area (TPSA) is 93.9 Å². The summed E-state index contributed by atoms with van der Waals surface area (Å²) in [6.07, 6.45) is 1.94. The molecular weight excluding hydrogens is 441 g/mol. The number of amides is 1. The van der Waals surface area contributed by atoms with E-state index in [0.717, 1.165) is 12.0 Å². The van der Waals surface area contributed by atoms with Gasteiger partial charge in [-0.05, 0) is 41.8 Å². The van der Waals surface area contributed by atoms with E-state index in [1.54, 1.807) is 24.3 Å². The van der Waals surface area contributed by atoms with E-state index in [9.17, 15) is 19.1 Å². The molecule has 1 N–H and O–H groups in total. The van der Waals surface area contributed by atoms with Gasteiger partial charge < -0.3 is 19.5 Å². The molecule has 1 aromatic heterocycles. The number of benzene rings is 2. The Balaban J connectivity index is 1.87. The Kier molecular flexibility index (Phi) is 6.54. The molecule has 0 spiro atoms. The first-order valence-corrected chi connectivity index (χ1v) is 11.0. The lowest BCUT2D eigenvalue weighted by molar-refractivity contribution is 0.0744. The van der Waals surface area contributed by atoms with E-state index in [1.165, 1.54) is 35.8 Å². The molecular formula is C25H26FN3O5. The predicted molar refractivity (Wildman–Crippen MR) is 123 cm³/mol. The second-order valence-electron chi connectivity index (χ2n) is 8.06. The highest BCUT2D eigenvalue weighted by atomic mass is 19.1. The summed E-state index contributed by atoms with van der Waals surface area (Å²) >= 11 is 0. The molecule has 2 aromatic carbocycles. The van der Waals surface area contributed by atoms with Crippen LogP contribution in [0, 0.1) is 5.82 Å². The van der Waals surface area contributed by atoms with E-state index in [0.29, 0.717) is 35.6 Å². The highest BCUT2D eigenvalue weighted by Crippen LogP contribution is 2.33. The number of fused-ring (bicyclic) bond motifs is 1. The van der Waals surface area contributed by atoms with E-state index in [1.807, 2.05) is 6.92 Å².